The molecule has 0 radical (unpaired) electrons. The van der Waals surface area contributed by atoms with Crippen molar-refractivity contribution in [2.45, 2.75) is 52.2 Å². The minimum absolute atomic E-state index is 1.13. The van der Waals surface area contributed by atoms with E-state index in [1.165, 1.54) is 25.7 Å². The number of unbranched alkanes of at least 4 members (excludes halogenated alkanes) is 3. The van der Waals surface area contributed by atoms with Crippen LogP contribution in [-0.4, -0.2) is 22.2 Å². The third-order valence-corrected chi connectivity index (χ3v) is 2.21. The average molecular weight is 242 g/mol. The van der Waals surface area contributed by atoms with E-state index in [0.717, 1.165) is 13.5 Å². The lowest BCUT2D eigenvalue weighted by molar-refractivity contribution is -0.696. The third kappa shape index (κ3) is 9.56. The van der Waals surface area contributed by atoms with Crippen molar-refractivity contribution in [2.75, 3.05) is 0 Å². The maximum absolute atomic E-state index is 9.34. The number of carboxylic acids is 1. The molecule has 0 amide bonds. The highest BCUT2D eigenvalue weighted by Crippen LogP contribution is 1.97. The van der Waals surface area contributed by atoms with E-state index in [4.69, 9.17) is 5.11 Å². The Labute approximate surface area is 102 Å². The summed E-state index contributed by atoms with van der Waals surface area (Å²) in [6, 6.07) is 0. The number of nitrogens with one attached hydrogen (secondary N) is 1. The lowest BCUT2D eigenvalue weighted by atomic mass is 10.2. The quantitative estimate of drug-likeness (QED) is 0.544. The number of aromatic amines is 1. The fourth-order valence-electron chi connectivity index (χ4n) is 1.18. The van der Waals surface area contributed by atoms with Crippen LogP contribution in [0, 0.1) is 0 Å². The number of hydrogen-bond donors (Lipinski definition) is 2. The number of carbonyl (C=O) groups is 1. The van der Waals surface area contributed by atoms with Crippen molar-refractivity contribution in [3.8, 4) is 0 Å². The number of aromatic nitrogens is 2. The van der Waals surface area contributed by atoms with Crippen molar-refractivity contribution in [3.63, 3.8) is 0 Å². The van der Waals surface area contributed by atoms with Gasteiger partial charge in [-0.05, 0) is 19.8 Å². The van der Waals surface area contributed by atoms with Crippen molar-refractivity contribution in [1.82, 2.24) is 4.98 Å². The maximum Gasteiger partial charge on any atom is 0.241 e. The molecule has 0 aliphatic rings. The SMILES string of the molecule is CC(O)C(=O)[O-].CCCCCC[n+]1cc[nH]c1. The van der Waals surface area contributed by atoms with Gasteiger partial charge in [0.25, 0.3) is 0 Å². The average Bonchev–Trinajstić information content (AvgIpc) is 2.78. The van der Waals surface area contributed by atoms with Gasteiger partial charge in [-0.15, -0.1) is 0 Å². The molecular weight excluding hydrogens is 220 g/mol. The lowest BCUT2D eigenvalue weighted by Crippen LogP contribution is -2.32. The maximum atomic E-state index is 9.34. The van der Waals surface area contributed by atoms with Gasteiger partial charge in [0.1, 0.15) is 12.4 Å². The van der Waals surface area contributed by atoms with Gasteiger partial charge in [-0.3, -0.25) is 4.98 Å². The smallest absolute Gasteiger partial charge is 0.241 e. The normalized spacial score (nSPS) is 11.5. The van der Waals surface area contributed by atoms with Gasteiger partial charge in [-0.2, -0.15) is 0 Å². The van der Waals surface area contributed by atoms with Crippen LogP contribution in [0.4, 0.5) is 0 Å². The van der Waals surface area contributed by atoms with Crippen LogP contribution < -0.4 is 9.67 Å². The summed E-state index contributed by atoms with van der Waals surface area (Å²) in [5, 5.41) is 17.3. The Bertz CT molecular complexity index is 284. The van der Waals surface area contributed by atoms with E-state index in [1.807, 2.05) is 12.5 Å². The Hall–Kier alpha value is -1.36. The van der Waals surface area contributed by atoms with Gasteiger partial charge < -0.3 is 15.0 Å². The molecule has 0 aromatic carbocycles. The molecule has 0 saturated carbocycles. The summed E-state index contributed by atoms with van der Waals surface area (Å²) in [5.74, 6) is -1.44. The molecule has 1 aromatic heterocycles. The van der Waals surface area contributed by atoms with E-state index in [2.05, 4.69) is 22.7 Å². The first-order chi connectivity index (χ1) is 8.07. The highest BCUT2D eigenvalue weighted by atomic mass is 16.4. The number of hydrogen-bond acceptors (Lipinski definition) is 3. The van der Waals surface area contributed by atoms with Crippen LogP contribution in [0.15, 0.2) is 18.7 Å². The molecule has 0 aliphatic carbocycles. The Morgan fingerprint density at radius 3 is 2.53 bits per heavy atom. The summed E-state index contributed by atoms with van der Waals surface area (Å²) < 4.78 is 2.19. The molecule has 0 bridgehead atoms. The summed E-state index contributed by atoms with van der Waals surface area (Å²) >= 11 is 0. The molecule has 5 nitrogen and oxygen atoms in total. The minimum Gasteiger partial charge on any atom is -0.547 e. The number of aliphatic carboxylic acids is 1. The molecule has 1 atom stereocenters. The summed E-state index contributed by atoms with van der Waals surface area (Å²) in [6.07, 6.45) is 10.0. The second kappa shape index (κ2) is 9.84. The van der Waals surface area contributed by atoms with E-state index < -0.39 is 12.1 Å². The zero-order valence-corrected chi connectivity index (χ0v) is 10.6. The van der Waals surface area contributed by atoms with Gasteiger partial charge >= 0.3 is 0 Å². The number of aliphatic hydroxyl groups excluding tert-OH is 1. The Morgan fingerprint density at radius 1 is 1.47 bits per heavy atom. The fourth-order valence-corrected chi connectivity index (χ4v) is 1.18. The van der Waals surface area contributed by atoms with Gasteiger partial charge in [-0.25, -0.2) is 4.57 Å². The number of aliphatic hydroxyl groups is 1. The zero-order chi connectivity index (χ0) is 13.1. The number of carboxylic acid groups (broad SMARTS) is 1. The van der Waals surface area contributed by atoms with E-state index in [1.54, 1.807) is 0 Å². The number of nitrogens with zero attached hydrogens (tertiary/aromatic N) is 1. The number of carbonyl (C=O) groups excluding carboxylic acids is 1. The van der Waals surface area contributed by atoms with Crippen LogP contribution in [0.25, 0.3) is 0 Å². The van der Waals surface area contributed by atoms with Crippen LogP contribution in [0.3, 0.4) is 0 Å². The molecule has 0 aliphatic heterocycles. The molecule has 0 saturated heterocycles. The standard InChI is InChI=1S/C9H16N2.C3H6O3/c1-2-3-4-5-7-11-8-6-10-9-11;1-2(4)3(5)6/h6,8-9H,2-5,7H2,1H3;2,4H,1H3,(H,5,6). The number of imidazole rings is 1. The van der Waals surface area contributed by atoms with Crippen molar-refractivity contribution < 1.29 is 19.6 Å². The zero-order valence-electron chi connectivity index (χ0n) is 10.6. The highest BCUT2D eigenvalue weighted by Gasteiger charge is 1.94. The first-order valence-corrected chi connectivity index (χ1v) is 5.98. The van der Waals surface area contributed by atoms with Crippen LogP contribution in [-0.2, 0) is 11.3 Å². The predicted molar refractivity (Wildman–Crippen MR) is 61.8 cm³/mol. The van der Waals surface area contributed by atoms with Gasteiger partial charge in [0.15, 0.2) is 0 Å². The molecule has 17 heavy (non-hydrogen) atoms. The summed E-state index contributed by atoms with van der Waals surface area (Å²) in [6.45, 7) is 4.53. The predicted octanol–water partition coefficient (Wildman–Crippen LogP) is -0.000400. The molecular formula is C12H22N2O3. The molecule has 1 rings (SSSR count). The molecule has 98 valence electrons. The van der Waals surface area contributed by atoms with Gasteiger partial charge in [0, 0.05) is 0 Å². The molecule has 2 N–H and O–H groups in total. The first kappa shape index (κ1) is 15.6. The molecule has 0 fully saturated rings. The molecule has 1 aromatic rings. The van der Waals surface area contributed by atoms with Crippen LogP contribution in [0.1, 0.15) is 39.5 Å². The molecule has 0 spiro atoms. The largest absolute Gasteiger partial charge is 0.547 e. The van der Waals surface area contributed by atoms with Crippen molar-refractivity contribution in [3.05, 3.63) is 18.7 Å². The van der Waals surface area contributed by atoms with Gasteiger partial charge in [0.05, 0.1) is 18.6 Å². The summed E-state index contributed by atoms with van der Waals surface area (Å²) in [5.41, 5.74) is 0. The second-order valence-corrected chi connectivity index (χ2v) is 3.90. The van der Waals surface area contributed by atoms with E-state index >= 15 is 0 Å². The summed E-state index contributed by atoms with van der Waals surface area (Å²) in [4.78, 5) is 12.4. The Kier molecular flexibility index (Phi) is 9.05. The topological polar surface area (TPSA) is 80.0 Å². The highest BCUT2D eigenvalue weighted by molar-refractivity contribution is 5.68. The fraction of sp³-hybridized carbons (Fsp3) is 0.667. The Morgan fingerprint density at radius 2 is 2.12 bits per heavy atom. The lowest BCUT2D eigenvalue weighted by Gasteiger charge is -2.00. The molecule has 1 heterocycles. The third-order valence-electron chi connectivity index (χ3n) is 2.21. The molecule has 5 heteroatoms. The van der Waals surface area contributed by atoms with E-state index in [-0.39, 0.29) is 0 Å². The minimum atomic E-state index is -1.44. The van der Waals surface area contributed by atoms with Crippen LogP contribution in [0.5, 0.6) is 0 Å². The number of H-pyrrole nitrogens is 1. The van der Waals surface area contributed by atoms with Crippen LogP contribution >= 0.6 is 0 Å². The molecule has 1 unspecified atom stereocenters. The van der Waals surface area contributed by atoms with Crippen LogP contribution in [0.2, 0.25) is 0 Å². The Balaban J connectivity index is 0.000000366. The monoisotopic (exact) mass is 242 g/mol. The second-order valence-electron chi connectivity index (χ2n) is 3.90. The summed E-state index contributed by atoms with van der Waals surface area (Å²) in [7, 11) is 0. The first-order valence-electron chi connectivity index (χ1n) is 5.98. The number of rotatable bonds is 6. The van der Waals surface area contributed by atoms with Crippen molar-refractivity contribution >= 4 is 5.97 Å². The van der Waals surface area contributed by atoms with E-state index in [9.17, 15) is 9.90 Å². The van der Waals surface area contributed by atoms with Crippen molar-refractivity contribution in [2.24, 2.45) is 0 Å². The van der Waals surface area contributed by atoms with E-state index in [0.29, 0.717) is 0 Å². The van der Waals surface area contributed by atoms with Gasteiger partial charge in [0.2, 0.25) is 6.33 Å². The number of aryl methyl sites for hydroxylation is 1. The van der Waals surface area contributed by atoms with Crippen molar-refractivity contribution in [1.29, 1.82) is 0 Å². The van der Waals surface area contributed by atoms with Gasteiger partial charge in [-0.1, -0.05) is 19.8 Å².